The molecule has 3 nitrogen and oxygen atoms in total. The summed E-state index contributed by atoms with van der Waals surface area (Å²) in [6.45, 7) is 3.75. The number of nitrogens with zero attached hydrogens (tertiary/aromatic N) is 1. The highest BCUT2D eigenvalue weighted by Gasteiger charge is 2.04. The molecule has 0 saturated heterocycles. The van der Waals surface area contributed by atoms with Gasteiger partial charge >= 0.3 is 0 Å². The van der Waals surface area contributed by atoms with Crippen molar-refractivity contribution in [1.82, 2.24) is 0 Å². The zero-order valence-electron chi connectivity index (χ0n) is 10.7. The van der Waals surface area contributed by atoms with Gasteiger partial charge in [0.2, 0.25) is 0 Å². The van der Waals surface area contributed by atoms with Crippen LogP contribution in [0.5, 0.6) is 11.5 Å². The van der Waals surface area contributed by atoms with Crippen molar-refractivity contribution in [2.24, 2.45) is 4.99 Å². The van der Waals surface area contributed by atoms with Gasteiger partial charge in [-0.3, -0.25) is 4.99 Å². The number of phenolic OH excluding ortho intramolecular Hbond substituents is 2. The van der Waals surface area contributed by atoms with Gasteiger partial charge in [-0.05, 0) is 71.8 Å². The molecule has 19 heavy (non-hydrogen) atoms. The fourth-order valence-electron chi connectivity index (χ4n) is 1.74. The lowest BCUT2D eigenvalue weighted by Gasteiger charge is -2.04. The molecule has 0 amide bonds. The van der Waals surface area contributed by atoms with Crippen LogP contribution in [0.2, 0.25) is 0 Å². The highest BCUT2D eigenvalue weighted by atomic mass is 127. The fraction of sp³-hybridized carbons (Fsp3) is 0.133. The summed E-state index contributed by atoms with van der Waals surface area (Å²) in [5.74, 6) is 0.355. The molecule has 0 fully saturated rings. The summed E-state index contributed by atoms with van der Waals surface area (Å²) in [6, 6.07) is 9.03. The molecule has 0 atom stereocenters. The molecule has 0 aromatic heterocycles. The van der Waals surface area contributed by atoms with Crippen LogP contribution in [0.3, 0.4) is 0 Å². The van der Waals surface area contributed by atoms with Gasteiger partial charge in [-0.15, -0.1) is 0 Å². The minimum Gasteiger partial charge on any atom is -0.507 e. The van der Waals surface area contributed by atoms with Crippen molar-refractivity contribution in [3.63, 3.8) is 0 Å². The average Bonchev–Trinajstić information content (AvgIpc) is 2.33. The first-order chi connectivity index (χ1) is 8.97. The highest BCUT2D eigenvalue weighted by molar-refractivity contribution is 14.1. The highest BCUT2D eigenvalue weighted by Crippen LogP contribution is 2.28. The lowest BCUT2D eigenvalue weighted by atomic mass is 10.1. The maximum atomic E-state index is 9.96. The third-order valence-corrected chi connectivity index (χ3v) is 3.39. The van der Waals surface area contributed by atoms with Crippen LogP contribution in [0.1, 0.15) is 16.7 Å². The van der Waals surface area contributed by atoms with Gasteiger partial charge in [0.25, 0.3) is 0 Å². The maximum Gasteiger partial charge on any atom is 0.141 e. The Labute approximate surface area is 125 Å². The molecule has 2 rings (SSSR count). The monoisotopic (exact) mass is 367 g/mol. The van der Waals surface area contributed by atoms with E-state index in [1.165, 1.54) is 0 Å². The Balaban J connectivity index is 2.38. The van der Waals surface area contributed by atoms with E-state index in [1.54, 1.807) is 18.3 Å². The van der Waals surface area contributed by atoms with Gasteiger partial charge < -0.3 is 10.2 Å². The Morgan fingerprint density at radius 3 is 2.53 bits per heavy atom. The predicted octanol–water partition coefficient (Wildman–Crippen LogP) is 4.07. The first kappa shape index (κ1) is 13.9. The molecule has 4 heteroatoms. The van der Waals surface area contributed by atoms with Crippen molar-refractivity contribution >= 4 is 34.5 Å². The van der Waals surface area contributed by atoms with Crippen LogP contribution in [0, 0.1) is 17.4 Å². The van der Waals surface area contributed by atoms with Crippen LogP contribution >= 0.6 is 22.6 Å². The van der Waals surface area contributed by atoms with Crippen molar-refractivity contribution in [2.45, 2.75) is 13.8 Å². The van der Waals surface area contributed by atoms with Gasteiger partial charge in [0.1, 0.15) is 17.2 Å². The van der Waals surface area contributed by atoms with Crippen molar-refractivity contribution in [2.75, 3.05) is 0 Å². The van der Waals surface area contributed by atoms with Gasteiger partial charge in [-0.1, -0.05) is 6.07 Å². The number of hydrogen-bond donors (Lipinski definition) is 2. The number of aliphatic imine (C=N–C) groups is 1. The molecule has 0 aliphatic heterocycles. The standard InChI is InChI=1S/C15H14INO2/c1-9-3-4-13(14(18)5-9)17-8-11-7-12(16)6-10(2)15(11)19/h3-8,18-19H,1-2H3. The number of aromatic hydroxyl groups is 2. The van der Waals surface area contributed by atoms with E-state index in [4.69, 9.17) is 0 Å². The number of rotatable bonds is 2. The fourth-order valence-corrected chi connectivity index (χ4v) is 2.54. The summed E-state index contributed by atoms with van der Waals surface area (Å²) in [7, 11) is 0. The molecule has 0 bridgehead atoms. The Hall–Kier alpha value is -1.56. The molecule has 0 spiro atoms. The third-order valence-electron chi connectivity index (χ3n) is 2.77. The average molecular weight is 367 g/mol. The van der Waals surface area contributed by atoms with Crippen LogP contribution in [-0.4, -0.2) is 16.4 Å². The van der Waals surface area contributed by atoms with Gasteiger partial charge in [0.05, 0.1) is 0 Å². The van der Waals surface area contributed by atoms with Gasteiger partial charge in [0, 0.05) is 15.3 Å². The van der Waals surface area contributed by atoms with Crippen molar-refractivity contribution < 1.29 is 10.2 Å². The number of aryl methyl sites for hydroxylation is 2. The molecule has 2 N–H and O–H groups in total. The van der Waals surface area contributed by atoms with E-state index in [1.807, 2.05) is 32.0 Å². The van der Waals surface area contributed by atoms with E-state index < -0.39 is 0 Å². The Kier molecular flexibility index (Phi) is 4.09. The second-order valence-corrected chi connectivity index (χ2v) is 5.66. The molecular weight excluding hydrogens is 353 g/mol. The Morgan fingerprint density at radius 1 is 1.11 bits per heavy atom. The maximum absolute atomic E-state index is 9.96. The number of hydrogen-bond acceptors (Lipinski definition) is 3. The number of halogens is 1. The van der Waals surface area contributed by atoms with E-state index in [0.29, 0.717) is 11.3 Å². The van der Waals surface area contributed by atoms with Gasteiger partial charge in [-0.2, -0.15) is 0 Å². The molecule has 0 radical (unpaired) electrons. The zero-order chi connectivity index (χ0) is 14.0. The van der Waals surface area contributed by atoms with E-state index in [-0.39, 0.29) is 11.5 Å². The molecule has 0 unspecified atom stereocenters. The molecule has 2 aromatic rings. The van der Waals surface area contributed by atoms with Crippen molar-refractivity contribution in [1.29, 1.82) is 0 Å². The lowest BCUT2D eigenvalue weighted by molar-refractivity contribution is 0.470. The van der Waals surface area contributed by atoms with Crippen LogP contribution in [0.4, 0.5) is 5.69 Å². The minimum atomic E-state index is 0.137. The molecule has 0 aliphatic rings. The summed E-state index contributed by atoms with van der Waals surface area (Å²) in [6.07, 6.45) is 1.56. The third kappa shape index (κ3) is 3.26. The summed E-state index contributed by atoms with van der Waals surface area (Å²) in [5, 5.41) is 19.7. The minimum absolute atomic E-state index is 0.137. The van der Waals surface area contributed by atoms with Crippen LogP contribution < -0.4 is 0 Å². The quantitative estimate of drug-likeness (QED) is 0.621. The van der Waals surface area contributed by atoms with Gasteiger partial charge in [0.15, 0.2) is 0 Å². The number of phenols is 2. The molecule has 0 saturated carbocycles. The summed E-state index contributed by atoms with van der Waals surface area (Å²) < 4.78 is 1.03. The predicted molar refractivity (Wildman–Crippen MR) is 85.7 cm³/mol. The summed E-state index contributed by atoms with van der Waals surface area (Å²) in [5.41, 5.74) is 2.91. The van der Waals surface area contributed by atoms with E-state index >= 15 is 0 Å². The molecule has 0 heterocycles. The second-order valence-electron chi connectivity index (χ2n) is 4.41. The van der Waals surface area contributed by atoms with Crippen molar-refractivity contribution in [3.8, 4) is 11.5 Å². The van der Waals surface area contributed by atoms with Crippen LogP contribution in [0.25, 0.3) is 0 Å². The first-order valence-corrected chi connectivity index (χ1v) is 6.88. The summed E-state index contributed by atoms with van der Waals surface area (Å²) in [4.78, 5) is 4.22. The largest absolute Gasteiger partial charge is 0.507 e. The second kappa shape index (κ2) is 5.61. The SMILES string of the molecule is Cc1ccc(N=Cc2cc(I)cc(C)c2O)c(O)c1. The molecule has 0 aliphatic carbocycles. The van der Waals surface area contributed by atoms with Crippen LogP contribution in [0.15, 0.2) is 35.3 Å². The molecule has 2 aromatic carbocycles. The normalized spacial score (nSPS) is 11.1. The summed E-state index contributed by atoms with van der Waals surface area (Å²) >= 11 is 2.19. The smallest absolute Gasteiger partial charge is 0.141 e. The van der Waals surface area contributed by atoms with Crippen LogP contribution in [-0.2, 0) is 0 Å². The Morgan fingerprint density at radius 2 is 1.84 bits per heavy atom. The van der Waals surface area contributed by atoms with E-state index in [2.05, 4.69) is 27.6 Å². The Bertz CT molecular complexity index is 651. The number of benzene rings is 2. The lowest BCUT2D eigenvalue weighted by Crippen LogP contribution is -1.88. The van der Waals surface area contributed by atoms with E-state index in [0.717, 1.165) is 14.7 Å². The van der Waals surface area contributed by atoms with E-state index in [9.17, 15) is 10.2 Å². The van der Waals surface area contributed by atoms with Crippen molar-refractivity contribution in [3.05, 3.63) is 50.6 Å². The first-order valence-electron chi connectivity index (χ1n) is 5.80. The topological polar surface area (TPSA) is 52.8 Å². The molecule has 98 valence electrons. The zero-order valence-corrected chi connectivity index (χ0v) is 12.8. The molecular formula is C15H14INO2. The van der Waals surface area contributed by atoms with Gasteiger partial charge in [-0.25, -0.2) is 0 Å².